The first-order valence-electron chi connectivity index (χ1n) is 29.5. The van der Waals surface area contributed by atoms with Crippen LogP contribution in [0.4, 0.5) is 0 Å². The number of nitrogens with zero attached hydrogens (tertiary/aromatic N) is 2. The molecule has 0 saturated heterocycles. The first-order chi connectivity index (χ1) is 36.2. The van der Waals surface area contributed by atoms with Crippen molar-refractivity contribution in [2.75, 3.05) is 13.1 Å². The Hall–Kier alpha value is -5.62. The van der Waals surface area contributed by atoms with Crippen LogP contribution in [0, 0.1) is 0 Å². The minimum atomic E-state index is -0.188. The first-order valence-corrected chi connectivity index (χ1v) is 29.5. The second kappa shape index (κ2) is 29.5. The lowest BCUT2D eigenvalue weighted by Gasteiger charge is -2.27. The molecule has 7 rings (SSSR count). The molecule has 4 amide bonds. The molecular formula is C68H88N2O4. The maximum absolute atomic E-state index is 13.8. The molecule has 6 heteroatoms. The average molecular weight is 997 g/mol. The highest BCUT2D eigenvalue weighted by Crippen LogP contribution is 2.36. The van der Waals surface area contributed by atoms with Crippen LogP contribution in [-0.2, 0) is 0 Å². The lowest BCUT2D eigenvalue weighted by atomic mass is 9.89. The number of allylic oxidation sites excluding steroid dienone is 2. The summed E-state index contributed by atoms with van der Waals surface area (Å²) in [6, 6.07) is 28.0. The molecule has 0 bridgehead atoms. The highest BCUT2D eigenvalue weighted by molar-refractivity contribution is 6.27. The highest BCUT2D eigenvalue weighted by Gasteiger charge is 2.34. The molecule has 0 radical (unpaired) electrons. The van der Waals surface area contributed by atoms with Crippen molar-refractivity contribution in [3.05, 3.63) is 129 Å². The summed E-state index contributed by atoms with van der Waals surface area (Å²) in [7, 11) is 0. The lowest BCUT2D eigenvalue weighted by molar-refractivity contribution is 0.0592. The third kappa shape index (κ3) is 14.8. The minimum Gasteiger partial charge on any atom is -0.274 e. The molecule has 0 aromatic heterocycles. The van der Waals surface area contributed by atoms with Gasteiger partial charge in [0.2, 0.25) is 0 Å². The van der Waals surface area contributed by atoms with Gasteiger partial charge in [0.25, 0.3) is 23.6 Å². The Morgan fingerprint density at radius 3 is 0.905 bits per heavy atom. The lowest BCUT2D eigenvalue weighted by Crippen LogP contribution is -2.40. The molecule has 0 saturated carbocycles. The summed E-state index contributed by atoms with van der Waals surface area (Å²) in [5.41, 5.74) is 8.66. The van der Waals surface area contributed by atoms with Gasteiger partial charge in [-0.05, 0) is 95.1 Å². The summed E-state index contributed by atoms with van der Waals surface area (Å²) in [5.74, 6) is -0.754. The smallest absolute Gasteiger partial charge is 0.261 e. The minimum absolute atomic E-state index is 0.188. The van der Waals surface area contributed by atoms with E-state index in [0.29, 0.717) is 35.3 Å². The van der Waals surface area contributed by atoms with Crippen LogP contribution >= 0.6 is 0 Å². The monoisotopic (exact) mass is 997 g/mol. The van der Waals surface area contributed by atoms with Gasteiger partial charge in [0, 0.05) is 46.1 Å². The van der Waals surface area contributed by atoms with Crippen molar-refractivity contribution < 1.29 is 19.2 Å². The highest BCUT2D eigenvalue weighted by atomic mass is 16.2. The van der Waals surface area contributed by atoms with Gasteiger partial charge in [0.05, 0.1) is 0 Å². The predicted molar refractivity (Wildman–Crippen MR) is 313 cm³/mol. The number of unbranched alkanes of at least 4 members (excludes halogenated alkanes) is 26. The van der Waals surface area contributed by atoms with Crippen LogP contribution in [-0.4, -0.2) is 46.5 Å². The topological polar surface area (TPSA) is 74.8 Å². The van der Waals surface area contributed by atoms with Gasteiger partial charge in [-0.25, -0.2) is 0 Å². The fraction of sp³-hybridized carbons (Fsp3) is 0.500. The molecule has 0 fully saturated rings. The van der Waals surface area contributed by atoms with Gasteiger partial charge in [-0.3, -0.25) is 29.0 Å². The number of benzene rings is 5. The van der Waals surface area contributed by atoms with Gasteiger partial charge in [-0.2, -0.15) is 0 Å². The van der Waals surface area contributed by atoms with Crippen LogP contribution in [0.3, 0.4) is 0 Å². The van der Waals surface area contributed by atoms with Gasteiger partial charge < -0.3 is 0 Å². The second-order valence-electron chi connectivity index (χ2n) is 21.8. The number of rotatable bonds is 34. The fourth-order valence-electron chi connectivity index (χ4n) is 11.6. The number of hydrogen-bond donors (Lipinski definition) is 0. The van der Waals surface area contributed by atoms with E-state index < -0.39 is 0 Å². The Morgan fingerprint density at radius 1 is 0.338 bits per heavy atom. The summed E-state index contributed by atoms with van der Waals surface area (Å²) in [5, 5.41) is 3.33. The molecule has 394 valence electrons. The van der Waals surface area contributed by atoms with Gasteiger partial charge >= 0.3 is 0 Å². The molecule has 74 heavy (non-hydrogen) atoms. The van der Waals surface area contributed by atoms with Crippen LogP contribution in [0.25, 0.3) is 44.8 Å². The molecule has 0 aliphatic carbocycles. The standard InChI is InChI=1S/C68H88N2O4/c1-5-7-9-11-13-15-17-19-21-23-25-27-29-31-47-69-65(71)59-37-33-35-57-55(43-45-61(63(57)59)67(69)73)49-51(3)53-39-41-54(42-40-53)52(4)50-56-44-46-62-64-58(56)36-34-38-60(64)66(72)70(68(62)74)48-32-30-28-26-24-22-20-18-16-14-12-10-8-6-2/h33-46,49-50H,5-32,47-48H2,1-4H3/b51-49+,52-50+. The van der Waals surface area contributed by atoms with Gasteiger partial charge in [-0.15, -0.1) is 0 Å². The van der Waals surface area contributed by atoms with E-state index >= 15 is 0 Å². The molecular weight excluding hydrogens is 909 g/mol. The van der Waals surface area contributed by atoms with Gasteiger partial charge in [-0.1, -0.05) is 254 Å². The quantitative estimate of drug-likeness (QED) is 0.0234. The maximum Gasteiger partial charge on any atom is 0.261 e. The van der Waals surface area contributed by atoms with Crippen molar-refractivity contribution in [1.82, 2.24) is 9.80 Å². The predicted octanol–water partition coefficient (Wildman–Crippen LogP) is 19.3. The molecule has 0 unspecified atom stereocenters. The number of hydrogen-bond acceptors (Lipinski definition) is 4. The molecule has 2 aliphatic rings. The zero-order valence-electron chi connectivity index (χ0n) is 46.0. The second-order valence-corrected chi connectivity index (χ2v) is 21.8. The Kier molecular flexibility index (Phi) is 22.3. The van der Waals surface area contributed by atoms with E-state index in [2.05, 4.69) is 64.1 Å². The van der Waals surface area contributed by atoms with E-state index in [4.69, 9.17) is 0 Å². The Bertz CT molecular complexity index is 2490. The van der Waals surface area contributed by atoms with Crippen LogP contribution in [0.15, 0.2) is 84.9 Å². The molecule has 2 heterocycles. The normalized spacial score (nSPS) is 13.9. The Balaban J connectivity index is 0.903. The van der Waals surface area contributed by atoms with E-state index in [0.717, 1.165) is 93.5 Å². The zero-order valence-corrected chi connectivity index (χ0v) is 46.0. The average Bonchev–Trinajstić information content (AvgIpc) is 3.42. The summed E-state index contributed by atoms with van der Waals surface area (Å²) in [6.45, 7) is 9.66. The number of carbonyl (C=O) groups excluding carboxylic acids is 4. The molecule has 0 atom stereocenters. The molecule has 5 aromatic rings. The maximum atomic E-state index is 13.8. The zero-order chi connectivity index (χ0) is 52.1. The van der Waals surface area contributed by atoms with Crippen LogP contribution in [0.1, 0.15) is 271 Å². The number of carbonyl (C=O) groups is 4. The summed E-state index contributed by atoms with van der Waals surface area (Å²) in [4.78, 5) is 58.3. The van der Waals surface area contributed by atoms with Crippen LogP contribution in [0.5, 0.6) is 0 Å². The molecule has 0 N–H and O–H groups in total. The first kappa shape index (κ1) is 56.1. The fourth-order valence-corrected chi connectivity index (χ4v) is 11.6. The van der Waals surface area contributed by atoms with Crippen molar-refractivity contribution in [3.8, 4) is 0 Å². The van der Waals surface area contributed by atoms with Crippen molar-refractivity contribution in [2.24, 2.45) is 0 Å². The molecule has 0 spiro atoms. The van der Waals surface area contributed by atoms with Gasteiger partial charge in [0.1, 0.15) is 0 Å². The summed E-state index contributed by atoms with van der Waals surface area (Å²) in [6.07, 6.45) is 39.7. The van der Waals surface area contributed by atoms with Gasteiger partial charge in [0.15, 0.2) is 0 Å². The summed E-state index contributed by atoms with van der Waals surface area (Å²) < 4.78 is 0. The number of imide groups is 2. The SMILES string of the molecule is CCCCCCCCCCCCCCCCN1C(=O)c2cccc3c(/C=C(\C)c4ccc(/C(C)=C/c5ccc6c7c(cccc57)C(=O)N(CCCCCCCCCCCCCCCC)C6=O)cc4)ccc(c23)C1=O. The van der Waals surface area contributed by atoms with Crippen LogP contribution in [0.2, 0.25) is 0 Å². The van der Waals surface area contributed by atoms with E-state index in [-0.39, 0.29) is 23.6 Å². The van der Waals surface area contributed by atoms with E-state index in [1.807, 2.05) is 60.7 Å². The molecule has 5 aromatic carbocycles. The van der Waals surface area contributed by atoms with Crippen molar-refractivity contribution in [1.29, 1.82) is 0 Å². The Labute approximate surface area is 445 Å². The third-order valence-corrected chi connectivity index (χ3v) is 16.1. The summed E-state index contributed by atoms with van der Waals surface area (Å²) >= 11 is 0. The molecule has 6 nitrogen and oxygen atoms in total. The largest absolute Gasteiger partial charge is 0.274 e. The van der Waals surface area contributed by atoms with E-state index in [1.165, 1.54) is 151 Å². The Morgan fingerprint density at radius 2 is 0.608 bits per heavy atom. The van der Waals surface area contributed by atoms with E-state index in [9.17, 15) is 19.2 Å². The third-order valence-electron chi connectivity index (χ3n) is 16.1. The molecule has 2 aliphatic heterocycles. The van der Waals surface area contributed by atoms with Crippen molar-refractivity contribution in [2.45, 2.75) is 207 Å². The number of amides is 4. The van der Waals surface area contributed by atoms with Crippen molar-refractivity contribution >= 4 is 68.5 Å². The van der Waals surface area contributed by atoms with E-state index in [1.54, 1.807) is 0 Å². The van der Waals surface area contributed by atoms with Crippen molar-refractivity contribution in [3.63, 3.8) is 0 Å². The van der Waals surface area contributed by atoms with Crippen LogP contribution < -0.4 is 0 Å².